The van der Waals surface area contributed by atoms with Crippen LogP contribution in [0.5, 0.6) is 5.88 Å². The molecule has 0 aliphatic carbocycles. The third-order valence-electron chi connectivity index (χ3n) is 3.39. The minimum Gasteiger partial charge on any atom is -0.468 e. The van der Waals surface area contributed by atoms with Crippen LogP contribution in [0, 0.1) is 0 Å². The summed E-state index contributed by atoms with van der Waals surface area (Å²) in [5, 5.41) is 6.25. The van der Waals surface area contributed by atoms with Gasteiger partial charge in [0.25, 0.3) is 0 Å². The Morgan fingerprint density at radius 3 is 2.96 bits per heavy atom. The summed E-state index contributed by atoms with van der Waals surface area (Å²) in [6, 6.07) is 3.16. The van der Waals surface area contributed by atoms with Crippen molar-refractivity contribution >= 4 is 5.96 Å². The molecular formula is C15H21F3N4O2. The van der Waals surface area contributed by atoms with Gasteiger partial charge in [-0.1, -0.05) is 0 Å². The fourth-order valence-corrected chi connectivity index (χ4v) is 2.22. The molecule has 2 N–H and O–H groups in total. The van der Waals surface area contributed by atoms with E-state index >= 15 is 0 Å². The molecule has 1 saturated heterocycles. The third-order valence-corrected chi connectivity index (χ3v) is 3.39. The van der Waals surface area contributed by atoms with Crippen LogP contribution in [0.15, 0.2) is 23.3 Å². The van der Waals surface area contributed by atoms with E-state index in [9.17, 15) is 13.2 Å². The molecule has 1 aromatic heterocycles. The topological polar surface area (TPSA) is 67.8 Å². The number of nitrogens with one attached hydrogen (secondary N) is 2. The van der Waals surface area contributed by atoms with E-state index in [1.54, 1.807) is 13.1 Å². The number of pyridine rings is 1. The minimum atomic E-state index is -4.38. The van der Waals surface area contributed by atoms with Crippen LogP contribution in [0.2, 0.25) is 0 Å². The maximum Gasteiger partial charge on any atom is 0.422 e. The average molecular weight is 346 g/mol. The second kappa shape index (κ2) is 8.72. The summed E-state index contributed by atoms with van der Waals surface area (Å²) >= 11 is 0. The highest BCUT2D eigenvalue weighted by Crippen LogP contribution is 2.17. The zero-order chi connectivity index (χ0) is 17.4. The predicted molar refractivity (Wildman–Crippen MR) is 83.0 cm³/mol. The van der Waals surface area contributed by atoms with Crippen molar-refractivity contribution in [2.75, 3.05) is 26.8 Å². The quantitative estimate of drug-likeness (QED) is 0.608. The molecule has 6 nitrogen and oxygen atoms in total. The highest BCUT2D eigenvalue weighted by Gasteiger charge is 2.28. The summed E-state index contributed by atoms with van der Waals surface area (Å²) in [4.78, 5) is 7.86. The minimum absolute atomic E-state index is 0.0612. The van der Waals surface area contributed by atoms with E-state index in [1.165, 1.54) is 12.3 Å². The van der Waals surface area contributed by atoms with Gasteiger partial charge in [0.05, 0.1) is 6.10 Å². The van der Waals surface area contributed by atoms with Gasteiger partial charge in [0, 0.05) is 39.0 Å². The molecule has 1 atom stereocenters. The highest BCUT2D eigenvalue weighted by atomic mass is 19.4. The van der Waals surface area contributed by atoms with Crippen LogP contribution in [-0.2, 0) is 11.3 Å². The van der Waals surface area contributed by atoms with Crippen LogP contribution >= 0.6 is 0 Å². The molecule has 24 heavy (non-hydrogen) atoms. The summed E-state index contributed by atoms with van der Waals surface area (Å²) in [6.07, 6.45) is -0.702. The van der Waals surface area contributed by atoms with Crippen molar-refractivity contribution < 1.29 is 22.6 Å². The maximum absolute atomic E-state index is 12.2. The van der Waals surface area contributed by atoms with E-state index in [2.05, 4.69) is 25.3 Å². The highest BCUT2D eigenvalue weighted by molar-refractivity contribution is 5.79. The number of alkyl halides is 3. The summed E-state index contributed by atoms with van der Waals surface area (Å²) in [5.41, 5.74) is 0.738. The molecule has 1 aliphatic heterocycles. The molecule has 1 aliphatic rings. The molecule has 0 saturated carbocycles. The SMILES string of the molecule is CN=C(NCc1ccnc(OCC(F)(F)F)c1)NCC1CCCO1. The smallest absolute Gasteiger partial charge is 0.422 e. The summed E-state index contributed by atoms with van der Waals surface area (Å²) < 4.78 is 46.6. The van der Waals surface area contributed by atoms with Gasteiger partial charge in [-0.2, -0.15) is 13.2 Å². The number of aromatic nitrogens is 1. The molecule has 9 heteroatoms. The Bertz CT molecular complexity index is 546. The Morgan fingerprint density at radius 2 is 2.29 bits per heavy atom. The molecule has 1 fully saturated rings. The van der Waals surface area contributed by atoms with E-state index in [0.29, 0.717) is 19.0 Å². The van der Waals surface area contributed by atoms with Crippen molar-refractivity contribution in [1.82, 2.24) is 15.6 Å². The fourth-order valence-electron chi connectivity index (χ4n) is 2.22. The molecule has 0 aromatic carbocycles. The average Bonchev–Trinajstić information content (AvgIpc) is 3.06. The summed E-state index contributed by atoms with van der Waals surface area (Å²) in [6.45, 7) is 0.476. The molecule has 0 radical (unpaired) electrons. The number of aliphatic imine (C=N–C) groups is 1. The Kier molecular flexibility index (Phi) is 6.65. The number of guanidine groups is 1. The molecule has 0 bridgehead atoms. The van der Waals surface area contributed by atoms with Crippen molar-refractivity contribution in [3.63, 3.8) is 0 Å². The maximum atomic E-state index is 12.2. The van der Waals surface area contributed by atoms with E-state index in [0.717, 1.165) is 25.0 Å². The van der Waals surface area contributed by atoms with Gasteiger partial charge in [-0.15, -0.1) is 0 Å². The van der Waals surface area contributed by atoms with Crippen LogP contribution in [0.4, 0.5) is 13.2 Å². The molecule has 134 valence electrons. The van der Waals surface area contributed by atoms with Gasteiger partial charge in [-0.05, 0) is 24.5 Å². The number of hydrogen-bond acceptors (Lipinski definition) is 4. The van der Waals surface area contributed by atoms with Gasteiger partial charge >= 0.3 is 6.18 Å². The number of rotatable bonds is 6. The van der Waals surface area contributed by atoms with Crippen LogP contribution in [0.25, 0.3) is 0 Å². The van der Waals surface area contributed by atoms with Gasteiger partial charge in [0.1, 0.15) is 0 Å². The molecule has 1 aromatic rings. The second-order valence-electron chi connectivity index (χ2n) is 5.35. The van der Waals surface area contributed by atoms with Crippen molar-refractivity contribution in [2.45, 2.75) is 31.7 Å². The lowest BCUT2D eigenvalue weighted by molar-refractivity contribution is -0.154. The second-order valence-corrected chi connectivity index (χ2v) is 5.35. The van der Waals surface area contributed by atoms with Gasteiger partial charge in [0.15, 0.2) is 12.6 Å². The Labute approximate surface area is 138 Å². The fraction of sp³-hybridized carbons (Fsp3) is 0.600. The molecule has 2 heterocycles. The lowest BCUT2D eigenvalue weighted by atomic mass is 10.2. The lowest BCUT2D eigenvalue weighted by Gasteiger charge is -2.15. The van der Waals surface area contributed by atoms with Crippen molar-refractivity contribution in [1.29, 1.82) is 0 Å². The molecule has 0 amide bonds. The third kappa shape index (κ3) is 6.61. The Morgan fingerprint density at radius 1 is 1.46 bits per heavy atom. The van der Waals surface area contributed by atoms with Crippen LogP contribution in [0.1, 0.15) is 18.4 Å². The summed E-state index contributed by atoms with van der Waals surface area (Å²) in [5.74, 6) is 0.536. The van der Waals surface area contributed by atoms with Gasteiger partial charge in [-0.25, -0.2) is 4.98 Å². The van der Waals surface area contributed by atoms with Crippen molar-refractivity contribution in [3.05, 3.63) is 23.9 Å². The summed E-state index contributed by atoms with van der Waals surface area (Å²) in [7, 11) is 1.65. The van der Waals surface area contributed by atoms with E-state index in [4.69, 9.17) is 4.74 Å². The van der Waals surface area contributed by atoms with Crippen LogP contribution < -0.4 is 15.4 Å². The Balaban J connectivity index is 1.79. The monoisotopic (exact) mass is 346 g/mol. The van der Waals surface area contributed by atoms with Gasteiger partial charge in [0.2, 0.25) is 5.88 Å². The first-order valence-electron chi connectivity index (χ1n) is 7.67. The van der Waals surface area contributed by atoms with Crippen LogP contribution in [0.3, 0.4) is 0 Å². The van der Waals surface area contributed by atoms with E-state index in [1.807, 2.05) is 0 Å². The Hall–Kier alpha value is -2.03. The first kappa shape index (κ1) is 18.3. The zero-order valence-corrected chi connectivity index (χ0v) is 13.4. The molecule has 0 spiro atoms. The standard InChI is InChI=1S/C15H21F3N4O2/c1-19-14(22-9-12-3-2-6-23-12)21-8-11-4-5-20-13(7-11)24-10-15(16,17)18/h4-5,7,12H,2-3,6,8-10H2,1H3,(H2,19,21,22). The van der Waals surface area contributed by atoms with Crippen molar-refractivity contribution in [2.24, 2.45) is 4.99 Å². The predicted octanol–water partition coefficient (Wildman–Crippen LogP) is 1.87. The molecular weight excluding hydrogens is 325 g/mol. The zero-order valence-electron chi connectivity index (χ0n) is 13.4. The number of nitrogens with zero attached hydrogens (tertiary/aromatic N) is 2. The van der Waals surface area contributed by atoms with Gasteiger partial charge < -0.3 is 20.1 Å². The first-order valence-corrected chi connectivity index (χ1v) is 7.67. The molecule has 2 rings (SSSR count). The number of hydrogen-bond donors (Lipinski definition) is 2. The van der Waals surface area contributed by atoms with Gasteiger partial charge in [-0.3, -0.25) is 4.99 Å². The van der Waals surface area contributed by atoms with Crippen molar-refractivity contribution in [3.8, 4) is 5.88 Å². The largest absolute Gasteiger partial charge is 0.468 e. The van der Waals surface area contributed by atoms with E-state index < -0.39 is 12.8 Å². The van der Waals surface area contributed by atoms with Crippen LogP contribution in [-0.4, -0.2) is 50.0 Å². The number of ether oxygens (including phenoxy) is 2. The molecule has 1 unspecified atom stereocenters. The number of halogens is 3. The van der Waals surface area contributed by atoms with E-state index in [-0.39, 0.29) is 12.0 Å². The normalized spacial score (nSPS) is 18.5. The lowest BCUT2D eigenvalue weighted by Crippen LogP contribution is -2.40. The first-order chi connectivity index (χ1) is 11.5.